The van der Waals surface area contributed by atoms with E-state index in [1.807, 2.05) is 30.3 Å². The summed E-state index contributed by atoms with van der Waals surface area (Å²) >= 11 is 24.8. The largest absolute Gasteiger partial charge is 0.481 e. The molecule has 0 aromatic heterocycles. The Morgan fingerprint density at radius 1 is 0.974 bits per heavy atom. The maximum Gasteiger partial charge on any atom is 0.310 e. The van der Waals surface area contributed by atoms with E-state index in [9.17, 15) is 19.5 Å². The van der Waals surface area contributed by atoms with Crippen LogP contribution in [0.3, 0.4) is 0 Å². The summed E-state index contributed by atoms with van der Waals surface area (Å²) < 4.78 is 5.91. The highest BCUT2D eigenvalue weighted by Crippen LogP contribution is 2.52. The highest BCUT2D eigenvalue weighted by atomic mass is 35.5. The lowest BCUT2D eigenvalue weighted by molar-refractivity contribution is -0.150. The maximum absolute atomic E-state index is 13.7. The van der Waals surface area contributed by atoms with Gasteiger partial charge in [-0.3, -0.25) is 19.7 Å². The molecule has 0 aliphatic carbocycles. The van der Waals surface area contributed by atoms with Crippen LogP contribution in [0.25, 0.3) is 0 Å². The van der Waals surface area contributed by atoms with Crippen LogP contribution in [0.15, 0.2) is 60.7 Å². The number of amides is 2. The normalized spacial score (nSPS) is 23.5. The average Bonchev–Trinajstić information content (AvgIpc) is 3.35. The maximum atomic E-state index is 13.7. The van der Waals surface area contributed by atoms with Gasteiger partial charge in [-0.2, -0.15) is 0 Å². The standard InChI is InChI=1S/C27H21Cl4N3O5/c28-14-6-15(29)8-17(7-14)32-24(35)21-20(12-39-11-13-4-2-1-3-5-13)34-27(22(21)25(36)37)18-9-16(30)10-19(31)23(18)33-26(27)38/h1-10,20-22,34H,11-12H2,(H,32,35)(H,33,38)(H,36,37). The van der Waals surface area contributed by atoms with Gasteiger partial charge in [0.25, 0.3) is 0 Å². The summed E-state index contributed by atoms with van der Waals surface area (Å²) in [6.07, 6.45) is 0. The number of fused-ring (bicyclic) bond motifs is 2. The Bertz CT molecular complexity index is 1450. The Morgan fingerprint density at radius 3 is 2.31 bits per heavy atom. The second-order valence-corrected chi connectivity index (χ2v) is 11.0. The molecule has 0 saturated carbocycles. The molecule has 12 heteroatoms. The molecule has 4 atom stereocenters. The van der Waals surface area contributed by atoms with Gasteiger partial charge >= 0.3 is 5.97 Å². The minimum atomic E-state index is -1.84. The fraction of sp³-hybridized carbons (Fsp3) is 0.222. The Balaban J connectivity index is 1.55. The number of nitrogens with one attached hydrogen (secondary N) is 3. The van der Waals surface area contributed by atoms with Gasteiger partial charge in [-0.05, 0) is 35.9 Å². The summed E-state index contributed by atoms with van der Waals surface area (Å²) in [5.41, 5.74) is -0.209. The van der Waals surface area contributed by atoms with Crippen LogP contribution in [0, 0.1) is 11.8 Å². The number of carbonyl (C=O) groups excluding carboxylic acids is 2. The molecule has 3 aromatic carbocycles. The first-order valence-corrected chi connectivity index (χ1v) is 13.3. The molecule has 1 saturated heterocycles. The first-order valence-electron chi connectivity index (χ1n) is 11.8. The highest BCUT2D eigenvalue weighted by Gasteiger charge is 2.66. The fourth-order valence-corrected chi connectivity index (χ4v) is 6.39. The summed E-state index contributed by atoms with van der Waals surface area (Å²) in [6.45, 7) is 0.133. The Kier molecular flexibility index (Phi) is 7.79. The number of aliphatic carboxylic acids is 1. The molecular formula is C27H21Cl4N3O5. The van der Waals surface area contributed by atoms with E-state index < -0.39 is 41.2 Å². The van der Waals surface area contributed by atoms with Crippen LogP contribution in [-0.2, 0) is 31.3 Å². The Hall–Kier alpha value is -2.85. The number of anilines is 2. The molecule has 5 rings (SSSR count). The van der Waals surface area contributed by atoms with Crippen LogP contribution in [0.2, 0.25) is 20.1 Å². The number of ether oxygens (including phenoxy) is 1. The van der Waals surface area contributed by atoms with Crippen molar-refractivity contribution in [2.24, 2.45) is 11.8 Å². The van der Waals surface area contributed by atoms with Gasteiger partial charge < -0.3 is 20.5 Å². The second kappa shape index (κ2) is 11.0. The van der Waals surface area contributed by atoms with Gasteiger partial charge in [-0.1, -0.05) is 76.7 Å². The molecule has 2 aliphatic heterocycles. The predicted octanol–water partition coefficient (Wildman–Crippen LogP) is 5.59. The zero-order chi connectivity index (χ0) is 27.9. The third-order valence-electron chi connectivity index (χ3n) is 6.86. The predicted molar refractivity (Wildman–Crippen MR) is 149 cm³/mol. The second-order valence-electron chi connectivity index (χ2n) is 9.31. The molecule has 0 bridgehead atoms. The van der Waals surface area contributed by atoms with Gasteiger partial charge in [0.2, 0.25) is 11.8 Å². The minimum absolute atomic E-state index is 0.0777. The molecule has 3 aromatic rings. The summed E-state index contributed by atoms with van der Waals surface area (Å²) in [5, 5.41) is 19.9. The molecule has 4 unspecified atom stereocenters. The number of benzene rings is 3. The molecule has 2 amide bonds. The first-order chi connectivity index (χ1) is 18.6. The average molecular weight is 609 g/mol. The number of carboxylic acid groups (broad SMARTS) is 1. The summed E-state index contributed by atoms with van der Waals surface area (Å²) in [7, 11) is 0. The lowest BCUT2D eigenvalue weighted by Gasteiger charge is -2.28. The van der Waals surface area contributed by atoms with Crippen molar-refractivity contribution in [3.8, 4) is 0 Å². The third kappa shape index (κ3) is 5.20. The van der Waals surface area contributed by atoms with E-state index in [0.29, 0.717) is 0 Å². The van der Waals surface area contributed by atoms with Crippen molar-refractivity contribution in [2.45, 2.75) is 18.2 Å². The van der Waals surface area contributed by atoms with E-state index in [2.05, 4.69) is 16.0 Å². The van der Waals surface area contributed by atoms with Gasteiger partial charge in [-0.25, -0.2) is 0 Å². The van der Waals surface area contributed by atoms with E-state index in [1.165, 1.54) is 30.3 Å². The van der Waals surface area contributed by atoms with Crippen molar-refractivity contribution < 1.29 is 24.2 Å². The molecule has 2 heterocycles. The molecule has 0 radical (unpaired) electrons. The van der Waals surface area contributed by atoms with Gasteiger partial charge in [-0.15, -0.1) is 0 Å². The van der Waals surface area contributed by atoms with Crippen molar-refractivity contribution in [3.63, 3.8) is 0 Å². The smallest absolute Gasteiger partial charge is 0.310 e. The molecule has 1 spiro atoms. The van der Waals surface area contributed by atoms with Gasteiger partial charge in [0, 0.05) is 32.4 Å². The molecule has 39 heavy (non-hydrogen) atoms. The van der Waals surface area contributed by atoms with Crippen molar-refractivity contribution in [3.05, 3.63) is 91.9 Å². The van der Waals surface area contributed by atoms with Crippen molar-refractivity contribution in [1.82, 2.24) is 5.32 Å². The van der Waals surface area contributed by atoms with Crippen molar-refractivity contribution >= 4 is 75.6 Å². The topological polar surface area (TPSA) is 117 Å². The van der Waals surface area contributed by atoms with Gasteiger partial charge in [0.1, 0.15) is 11.5 Å². The number of hydrogen-bond donors (Lipinski definition) is 4. The lowest BCUT2D eigenvalue weighted by Crippen LogP contribution is -2.52. The molecular weight excluding hydrogens is 588 g/mol. The summed E-state index contributed by atoms with van der Waals surface area (Å²) in [4.78, 5) is 40.1. The van der Waals surface area contributed by atoms with Crippen LogP contribution in [0.5, 0.6) is 0 Å². The van der Waals surface area contributed by atoms with Crippen LogP contribution < -0.4 is 16.0 Å². The van der Waals surface area contributed by atoms with Crippen LogP contribution >= 0.6 is 46.4 Å². The fourth-order valence-electron chi connectivity index (χ4n) is 5.32. The number of halogens is 4. The zero-order valence-corrected chi connectivity index (χ0v) is 23.0. The molecule has 1 fully saturated rings. The monoisotopic (exact) mass is 607 g/mol. The van der Waals surface area contributed by atoms with Gasteiger partial charge in [0.15, 0.2) is 0 Å². The lowest BCUT2D eigenvalue weighted by atomic mass is 9.75. The number of carbonyl (C=O) groups is 3. The summed E-state index contributed by atoms with van der Waals surface area (Å²) in [6, 6.07) is 15.8. The first kappa shape index (κ1) is 27.7. The van der Waals surface area contributed by atoms with E-state index in [-0.39, 0.29) is 50.2 Å². The van der Waals surface area contributed by atoms with Crippen molar-refractivity contribution in [2.75, 3.05) is 17.2 Å². The number of carboxylic acids is 1. The van der Waals surface area contributed by atoms with E-state index >= 15 is 0 Å². The highest BCUT2D eigenvalue weighted by molar-refractivity contribution is 6.38. The third-order valence-corrected chi connectivity index (χ3v) is 7.81. The zero-order valence-electron chi connectivity index (χ0n) is 20.0. The molecule has 202 valence electrons. The quantitative estimate of drug-likeness (QED) is 0.278. The van der Waals surface area contributed by atoms with E-state index in [0.717, 1.165) is 5.56 Å². The van der Waals surface area contributed by atoms with E-state index in [1.54, 1.807) is 0 Å². The SMILES string of the molecule is O=C(Nc1cc(Cl)cc(Cl)c1)C1C(COCc2ccccc2)NC2(C(=O)Nc3c(Cl)cc(Cl)cc32)C1C(=O)O. The molecule has 4 N–H and O–H groups in total. The Labute approximate surface area is 243 Å². The van der Waals surface area contributed by atoms with Crippen LogP contribution in [0.4, 0.5) is 11.4 Å². The molecule has 8 nitrogen and oxygen atoms in total. The molecule has 2 aliphatic rings. The number of hydrogen-bond acceptors (Lipinski definition) is 5. The van der Waals surface area contributed by atoms with Crippen LogP contribution in [-0.4, -0.2) is 35.5 Å². The number of rotatable bonds is 7. The van der Waals surface area contributed by atoms with E-state index in [4.69, 9.17) is 51.1 Å². The van der Waals surface area contributed by atoms with Gasteiger partial charge in [0.05, 0.1) is 29.8 Å². The minimum Gasteiger partial charge on any atom is -0.481 e. The Morgan fingerprint density at radius 2 is 1.64 bits per heavy atom. The van der Waals surface area contributed by atoms with Crippen LogP contribution in [0.1, 0.15) is 11.1 Å². The summed E-state index contributed by atoms with van der Waals surface area (Å²) in [5.74, 6) is -5.49. The van der Waals surface area contributed by atoms with Crippen molar-refractivity contribution in [1.29, 1.82) is 0 Å².